The molecule has 3 N–H and O–H groups in total. The van der Waals surface area contributed by atoms with Gasteiger partial charge in [-0.3, -0.25) is 5.41 Å². The second-order valence-electron chi connectivity index (χ2n) is 2.54. The maximum absolute atomic E-state index is 7.11. The van der Waals surface area contributed by atoms with Gasteiger partial charge < -0.3 is 5.73 Å². The van der Waals surface area contributed by atoms with E-state index in [1.807, 2.05) is 37.3 Å². The molecule has 0 aliphatic heterocycles. The molecule has 0 spiro atoms. The van der Waals surface area contributed by atoms with Gasteiger partial charge in [-0.1, -0.05) is 42.1 Å². The number of thioether (sulfide) groups is 1. The standard InChI is InChI=1S/C9H12N2S/c1-7(12-9(10)11)8-5-3-2-4-6-8/h2-7H,1H3,(H3,10,11). The van der Waals surface area contributed by atoms with E-state index in [0.717, 1.165) is 0 Å². The van der Waals surface area contributed by atoms with Crippen LogP contribution < -0.4 is 5.73 Å². The highest BCUT2D eigenvalue weighted by Crippen LogP contribution is 2.26. The SMILES string of the molecule is CC(SC(=N)N)c1ccccc1. The van der Waals surface area contributed by atoms with Crippen molar-refractivity contribution in [2.75, 3.05) is 0 Å². The lowest BCUT2D eigenvalue weighted by Gasteiger charge is -2.08. The van der Waals surface area contributed by atoms with Gasteiger partial charge >= 0.3 is 0 Å². The lowest BCUT2D eigenvalue weighted by atomic mass is 10.2. The van der Waals surface area contributed by atoms with Crippen LogP contribution in [0, 0.1) is 5.41 Å². The maximum atomic E-state index is 7.11. The number of hydrogen-bond donors (Lipinski definition) is 2. The highest BCUT2D eigenvalue weighted by Gasteiger charge is 2.05. The minimum atomic E-state index is 0.173. The maximum Gasteiger partial charge on any atom is 0.151 e. The second-order valence-corrected chi connectivity index (χ2v) is 3.92. The van der Waals surface area contributed by atoms with Gasteiger partial charge in [-0.05, 0) is 12.5 Å². The quantitative estimate of drug-likeness (QED) is 0.542. The van der Waals surface area contributed by atoms with Crippen molar-refractivity contribution in [2.24, 2.45) is 5.73 Å². The van der Waals surface area contributed by atoms with Crippen molar-refractivity contribution in [3.05, 3.63) is 35.9 Å². The summed E-state index contributed by atoms with van der Waals surface area (Å²) in [4.78, 5) is 0. The van der Waals surface area contributed by atoms with Gasteiger partial charge in [0.05, 0.1) is 0 Å². The molecule has 3 heteroatoms. The largest absolute Gasteiger partial charge is 0.379 e. The summed E-state index contributed by atoms with van der Waals surface area (Å²) in [5, 5.41) is 7.55. The number of nitrogens with two attached hydrogens (primary N) is 1. The van der Waals surface area contributed by atoms with E-state index in [2.05, 4.69) is 0 Å². The number of amidine groups is 1. The average Bonchev–Trinajstić information content (AvgIpc) is 2.05. The Balaban J connectivity index is 2.65. The van der Waals surface area contributed by atoms with Crippen LogP contribution in [0.4, 0.5) is 0 Å². The molecule has 0 amide bonds. The molecule has 1 aromatic carbocycles. The van der Waals surface area contributed by atoms with Crippen LogP contribution in [0.5, 0.6) is 0 Å². The zero-order valence-electron chi connectivity index (χ0n) is 6.95. The topological polar surface area (TPSA) is 49.9 Å². The number of benzene rings is 1. The molecule has 0 fully saturated rings. The molecule has 0 aliphatic carbocycles. The summed E-state index contributed by atoms with van der Waals surface area (Å²) in [5.41, 5.74) is 6.48. The molecule has 0 saturated heterocycles. The first-order valence-electron chi connectivity index (χ1n) is 3.76. The highest BCUT2D eigenvalue weighted by atomic mass is 32.2. The normalized spacial score (nSPS) is 12.4. The molecule has 0 heterocycles. The minimum absolute atomic E-state index is 0.173. The molecule has 64 valence electrons. The Labute approximate surface area is 76.7 Å². The third-order valence-corrected chi connectivity index (χ3v) is 2.45. The van der Waals surface area contributed by atoms with Crippen molar-refractivity contribution in [1.82, 2.24) is 0 Å². The van der Waals surface area contributed by atoms with Crippen LogP contribution in [0.3, 0.4) is 0 Å². The van der Waals surface area contributed by atoms with Gasteiger partial charge in [0.2, 0.25) is 0 Å². The van der Waals surface area contributed by atoms with Crippen molar-refractivity contribution in [3.8, 4) is 0 Å². The van der Waals surface area contributed by atoms with Crippen molar-refractivity contribution < 1.29 is 0 Å². The van der Waals surface area contributed by atoms with Gasteiger partial charge in [0, 0.05) is 5.25 Å². The molecule has 0 bridgehead atoms. The summed E-state index contributed by atoms with van der Waals surface area (Å²) in [6, 6.07) is 10.1. The van der Waals surface area contributed by atoms with E-state index in [1.54, 1.807) is 0 Å². The van der Waals surface area contributed by atoms with Gasteiger partial charge in [0.1, 0.15) is 0 Å². The summed E-state index contributed by atoms with van der Waals surface area (Å²) < 4.78 is 0. The fourth-order valence-corrected chi connectivity index (χ4v) is 1.66. The lowest BCUT2D eigenvalue weighted by molar-refractivity contribution is 1.11. The Morgan fingerprint density at radius 3 is 2.50 bits per heavy atom. The third kappa shape index (κ3) is 2.58. The van der Waals surface area contributed by atoms with Crippen LogP contribution in [0.2, 0.25) is 0 Å². The number of rotatable bonds is 2. The first kappa shape index (κ1) is 9.13. The highest BCUT2D eigenvalue weighted by molar-refractivity contribution is 8.13. The second kappa shape index (κ2) is 4.16. The van der Waals surface area contributed by atoms with E-state index in [0.29, 0.717) is 0 Å². The van der Waals surface area contributed by atoms with Gasteiger partial charge in [0.25, 0.3) is 0 Å². The summed E-state index contributed by atoms with van der Waals surface area (Å²) in [5.74, 6) is 0. The van der Waals surface area contributed by atoms with Crippen LogP contribution in [0.25, 0.3) is 0 Å². The molecule has 0 aliphatic rings. The summed E-state index contributed by atoms with van der Waals surface area (Å²) in [6.07, 6.45) is 0. The molecule has 1 unspecified atom stereocenters. The average molecular weight is 180 g/mol. The zero-order chi connectivity index (χ0) is 8.97. The first-order chi connectivity index (χ1) is 5.70. The van der Waals surface area contributed by atoms with Crippen LogP contribution in [-0.2, 0) is 0 Å². The van der Waals surface area contributed by atoms with Crippen LogP contribution in [-0.4, -0.2) is 5.17 Å². The zero-order valence-corrected chi connectivity index (χ0v) is 7.77. The van der Waals surface area contributed by atoms with Crippen molar-refractivity contribution >= 4 is 16.9 Å². The molecule has 1 rings (SSSR count). The molecule has 1 aromatic rings. The number of nitrogens with one attached hydrogen (secondary N) is 1. The molecule has 1 atom stereocenters. The van der Waals surface area contributed by atoms with Crippen LogP contribution in [0.15, 0.2) is 30.3 Å². The summed E-state index contributed by atoms with van der Waals surface area (Å²) in [7, 11) is 0. The molecule has 2 nitrogen and oxygen atoms in total. The Bertz CT molecular complexity index is 258. The number of hydrogen-bond acceptors (Lipinski definition) is 2. The molecular formula is C9H12N2S. The van der Waals surface area contributed by atoms with Crippen molar-refractivity contribution in [3.63, 3.8) is 0 Å². The Morgan fingerprint density at radius 2 is 2.00 bits per heavy atom. The molecule has 0 saturated carbocycles. The smallest absolute Gasteiger partial charge is 0.151 e. The molecule has 0 aromatic heterocycles. The van der Waals surface area contributed by atoms with Gasteiger partial charge in [-0.15, -0.1) is 0 Å². The Kier molecular flexibility index (Phi) is 3.17. The fourth-order valence-electron chi connectivity index (χ4n) is 0.983. The third-order valence-electron chi connectivity index (χ3n) is 1.57. The van der Waals surface area contributed by atoms with Crippen molar-refractivity contribution in [1.29, 1.82) is 5.41 Å². The summed E-state index contributed by atoms with van der Waals surface area (Å²) >= 11 is 1.37. The molecule has 12 heavy (non-hydrogen) atoms. The fraction of sp³-hybridized carbons (Fsp3) is 0.222. The van der Waals surface area contributed by atoms with Gasteiger partial charge in [-0.25, -0.2) is 0 Å². The predicted octanol–water partition coefficient (Wildman–Crippen LogP) is 2.37. The van der Waals surface area contributed by atoms with E-state index in [1.165, 1.54) is 17.3 Å². The first-order valence-corrected chi connectivity index (χ1v) is 4.63. The minimum Gasteiger partial charge on any atom is -0.379 e. The molecule has 0 radical (unpaired) electrons. The predicted molar refractivity (Wildman–Crippen MR) is 54.4 cm³/mol. The van der Waals surface area contributed by atoms with E-state index in [4.69, 9.17) is 11.1 Å². The lowest BCUT2D eigenvalue weighted by Crippen LogP contribution is -2.05. The summed E-state index contributed by atoms with van der Waals surface area (Å²) in [6.45, 7) is 2.04. The van der Waals surface area contributed by atoms with E-state index in [9.17, 15) is 0 Å². The Morgan fingerprint density at radius 1 is 1.42 bits per heavy atom. The van der Waals surface area contributed by atoms with E-state index in [-0.39, 0.29) is 10.4 Å². The van der Waals surface area contributed by atoms with Gasteiger partial charge in [-0.2, -0.15) is 0 Å². The van der Waals surface area contributed by atoms with Crippen LogP contribution >= 0.6 is 11.8 Å². The van der Waals surface area contributed by atoms with Crippen molar-refractivity contribution in [2.45, 2.75) is 12.2 Å². The van der Waals surface area contributed by atoms with Gasteiger partial charge in [0.15, 0.2) is 5.17 Å². The van der Waals surface area contributed by atoms with Crippen LogP contribution in [0.1, 0.15) is 17.7 Å². The van der Waals surface area contributed by atoms with E-state index >= 15 is 0 Å². The molecular weight excluding hydrogens is 168 g/mol. The monoisotopic (exact) mass is 180 g/mol. The van der Waals surface area contributed by atoms with E-state index < -0.39 is 0 Å². The Hall–Kier alpha value is -0.960.